The fraction of sp³-hybridized carbons (Fsp3) is 0.529. The smallest absolute Gasteiger partial charge is 0.335 e. The Hall–Kier alpha value is -1.88. The Morgan fingerprint density at radius 3 is 2.45 bits per heavy atom. The van der Waals surface area contributed by atoms with E-state index in [0.717, 1.165) is 37.8 Å². The maximum absolute atomic E-state index is 12.5. The maximum atomic E-state index is 12.5. The molecule has 2 fully saturated rings. The maximum Gasteiger partial charge on any atom is 0.335 e. The lowest BCUT2D eigenvalue weighted by atomic mass is 9.89. The molecule has 5 nitrogen and oxygen atoms in total. The quantitative estimate of drug-likeness (QED) is 0.890. The van der Waals surface area contributed by atoms with Gasteiger partial charge in [-0.25, -0.2) is 4.79 Å². The van der Waals surface area contributed by atoms with Crippen molar-refractivity contribution < 1.29 is 19.8 Å². The fourth-order valence-corrected chi connectivity index (χ4v) is 3.26. The Morgan fingerprint density at radius 1 is 1.23 bits per heavy atom. The van der Waals surface area contributed by atoms with Crippen LogP contribution in [0, 0.1) is 5.41 Å². The van der Waals surface area contributed by atoms with Crippen LogP contribution >= 0.6 is 0 Å². The number of carboxylic acid groups (broad SMARTS) is 1. The van der Waals surface area contributed by atoms with Gasteiger partial charge in [0.05, 0.1) is 17.6 Å². The lowest BCUT2D eigenvalue weighted by molar-refractivity contribution is -0.139. The summed E-state index contributed by atoms with van der Waals surface area (Å²) in [6.45, 7) is 1.36. The average Bonchev–Trinajstić information content (AvgIpc) is 3.35. The molecule has 1 atom stereocenters. The molecule has 1 unspecified atom stereocenters. The summed E-state index contributed by atoms with van der Waals surface area (Å²) in [6, 6.07) is 6.94. The molecule has 0 aromatic heterocycles. The van der Waals surface area contributed by atoms with Crippen molar-refractivity contribution in [3.63, 3.8) is 0 Å². The normalized spacial score (nSPS) is 23.1. The van der Waals surface area contributed by atoms with Gasteiger partial charge in [-0.05, 0) is 43.4 Å². The van der Waals surface area contributed by atoms with Crippen molar-refractivity contribution in [2.45, 2.75) is 31.6 Å². The number of aromatic carboxylic acids is 1. The van der Waals surface area contributed by atoms with Crippen LogP contribution in [-0.2, 0) is 4.79 Å². The van der Waals surface area contributed by atoms with E-state index in [1.54, 1.807) is 12.1 Å². The predicted octanol–water partition coefficient (Wildman–Crippen LogP) is 1.86. The highest BCUT2D eigenvalue weighted by molar-refractivity contribution is 5.87. The largest absolute Gasteiger partial charge is 0.478 e. The number of nitrogens with zero attached hydrogens (tertiary/aromatic N) is 1. The first-order valence-corrected chi connectivity index (χ1v) is 7.79. The molecule has 1 saturated carbocycles. The van der Waals surface area contributed by atoms with E-state index in [1.807, 2.05) is 17.0 Å². The zero-order valence-corrected chi connectivity index (χ0v) is 12.5. The van der Waals surface area contributed by atoms with Crippen molar-refractivity contribution in [3.05, 3.63) is 35.4 Å². The molecular weight excluding hydrogens is 282 g/mol. The van der Waals surface area contributed by atoms with E-state index >= 15 is 0 Å². The van der Waals surface area contributed by atoms with Gasteiger partial charge in [0.2, 0.25) is 5.91 Å². The third-order valence-electron chi connectivity index (χ3n) is 4.95. The number of amides is 1. The molecule has 0 radical (unpaired) electrons. The molecule has 1 aromatic carbocycles. The van der Waals surface area contributed by atoms with Crippen LogP contribution in [0.15, 0.2) is 24.3 Å². The van der Waals surface area contributed by atoms with E-state index in [1.165, 1.54) is 0 Å². The van der Waals surface area contributed by atoms with E-state index in [0.29, 0.717) is 6.54 Å². The zero-order chi connectivity index (χ0) is 15.7. The number of carbonyl (C=O) groups is 2. The molecule has 1 aliphatic carbocycles. The van der Waals surface area contributed by atoms with E-state index in [2.05, 4.69) is 0 Å². The number of benzene rings is 1. The number of piperidine rings is 1. The molecular formula is C17H21NO4. The molecule has 22 heavy (non-hydrogen) atoms. The Balaban J connectivity index is 1.70. The fourth-order valence-electron chi connectivity index (χ4n) is 3.26. The summed E-state index contributed by atoms with van der Waals surface area (Å²) in [5.41, 5.74) is 0.857. The molecule has 1 aliphatic heterocycles. The Labute approximate surface area is 129 Å². The number of carbonyl (C=O) groups excluding carboxylic acids is 1. The van der Waals surface area contributed by atoms with Crippen LogP contribution in [0.3, 0.4) is 0 Å². The number of hydrogen-bond donors (Lipinski definition) is 2. The van der Waals surface area contributed by atoms with Crippen molar-refractivity contribution in [1.29, 1.82) is 0 Å². The minimum Gasteiger partial charge on any atom is -0.478 e. The van der Waals surface area contributed by atoms with Crippen LogP contribution in [0.5, 0.6) is 0 Å². The number of hydrogen-bond acceptors (Lipinski definition) is 3. The van der Waals surface area contributed by atoms with Crippen LogP contribution in [0.25, 0.3) is 0 Å². The third kappa shape index (κ3) is 2.73. The van der Waals surface area contributed by atoms with Gasteiger partial charge in [0, 0.05) is 19.0 Å². The van der Waals surface area contributed by atoms with Crippen LogP contribution in [-0.4, -0.2) is 46.7 Å². The van der Waals surface area contributed by atoms with E-state index in [4.69, 9.17) is 5.11 Å². The van der Waals surface area contributed by atoms with Crippen LogP contribution in [0.4, 0.5) is 0 Å². The first kappa shape index (κ1) is 15.0. The summed E-state index contributed by atoms with van der Waals surface area (Å²) in [5, 5.41) is 18.4. The topological polar surface area (TPSA) is 77.8 Å². The molecule has 1 amide bonds. The standard InChI is InChI=1S/C17H21NO4/c19-11-17(7-8-17)16(22)18-9-1-2-14(10-18)12-3-5-13(6-4-12)15(20)21/h3-6,14,19H,1-2,7-11H2,(H,20,21). The van der Waals surface area contributed by atoms with Gasteiger partial charge >= 0.3 is 5.97 Å². The summed E-state index contributed by atoms with van der Waals surface area (Å²) < 4.78 is 0. The summed E-state index contributed by atoms with van der Waals surface area (Å²) in [7, 11) is 0. The van der Waals surface area contributed by atoms with Crippen molar-refractivity contribution in [2.24, 2.45) is 5.41 Å². The number of likely N-dealkylation sites (tertiary alicyclic amines) is 1. The van der Waals surface area contributed by atoms with E-state index < -0.39 is 11.4 Å². The van der Waals surface area contributed by atoms with E-state index in [-0.39, 0.29) is 24.0 Å². The van der Waals surface area contributed by atoms with Crippen LogP contribution in [0.2, 0.25) is 0 Å². The van der Waals surface area contributed by atoms with Crippen molar-refractivity contribution in [1.82, 2.24) is 4.90 Å². The number of carboxylic acids is 1. The van der Waals surface area contributed by atoms with Crippen LogP contribution < -0.4 is 0 Å². The Kier molecular flexibility index (Phi) is 3.91. The molecule has 0 bridgehead atoms. The van der Waals surface area contributed by atoms with Gasteiger partial charge in [-0.1, -0.05) is 12.1 Å². The predicted molar refractivity (Wildman–Crippen MR) is 80.7 cm³/mol. The first-order valence-electron chi connectivity index (χ1n) is 7.79. The molecule has 0 spiro atoms. The third-order valence-corrected chi connectivity index (χ3v) is 4.95. The highest BCUT2D eigenvalue weighted by Gasteiger charge is 2.51. The second-order valence-electron chi connectivity index (χ2n) is 6.46. The van der Waals surface area contributed by atoms with Gasteiger partial charge in [-0.15, -0.1) is 0 Å². The molecule has 5 heteroatoms. The first-order chi connectivity index (χ1) is 10.6. The SMILES string of the molecule is O=C(O)c1ccc(C2CCCN(C(=O)C3(CO)CC3)C2)cc1. The molecule has 1 saturated heterocycles. The number of rotatable bonds is 4. The lowest BCUT2D eigenvalue weighted by Gasteiger charge is -2.35. The summed E-state index contributed by atoms with van der Waals surface area (Å²) >= 11 is 0. The zero-order valence-electron chi connectivity index (χ0n) is 12.5. The number of aliphatic hydroxyl groups is 1. The molecule has 1 aromatic rings. The molecule has 2 N–H and O–H groups in total. The van der Waals surface area contributed by atoms with Gasteiger partial charge < -0.3 is 15.1 Å². The van der Waals surface area contributed by atoms with Crippen LogP contribution in [0.1, 0.15) is 47.5 Å². The highest BCUT2D eigenvalue weighted by atomic mass is 16.4. The minimum absolute atomic E-state index is 0.0552. The Bertz CT molecular complexity index is 577. The highest BCUT2D eigenvalue weighted by Crippen LogP contribution is 2.47. The molecule has 1 heterocycles. The van der Waals surface area contributed by atoms with Gasteiger partial charge in [0.25, 0.3) is 0 Å². The second kappa shape index (κ2) is 5.72. The minimum atomic E-state index is -0.925. The number of aliphatic hydroxyl groups excluding tert-OH is 1. The van der Waals surface area contributed by atoms with Crippen molar-refractivity contribution in [2.75, 3.05) is 19.7 Å². The van der Waals surface area contributed by atoms with E-state index in [9.17, 15) is 14.7 Å². The van der Waals surface area contributed by atoms with Gasteiger partial charge in [-0.2, -0.15) is 0 Å². The monoisotopic (exact) mass is 303 g/mol. The summed E-state index contributed by atoms with van der Waals surface area (Å²) in [6.07, 6.45) is 3.52. The molecule has 3 rings (SSSR count). The molecule has 2 aliphatic rings. The lowest BCUT2D eigenvalue weighted by Crippen LogP contribution is -2.44. The van der Waals surface area contributed by atoms with Gasteiger partial charge in [0.1, 0.15) is 0 Å². The average molecular weight is 303 g/mol. The van der Waals surface area contributed by atoms with Gasteiger partial charge in [-0.3, -0.25) is 4.79 Å². The molecule has 118 valence electrons. The summed E-state index contributed by atoms with van der Waals surface area (Å²) in [5.74, 6) is -0.595. The van der Waals surface area contributed by atoms with Gasteiger partial charge in [0.15, 0.2) is 0 Å². The summed E-state index contributed by atoms with van der Waals surface area (Å²) in [4.78, 5) is 25.3. The van der Waals surface area contributed by atoms with Crippen molar-refractivity contribution >= 4 is 11.9 Å². The Morgan fingerprint density at radius 2 is 1.91 bits per heavy atom. The second-order valence-corrected chi connectivity index (χ2v) is 6.46. The van der Waals surface area contributed by atoms with Crippen molar-refractivity contribution in [3.8, 4) is 0 Å².